The number of aryl methyl sites for hydroxylation is 1. The van der Waals surface area contributed by atoms with Crippen LogP contribution in [0.25, 0.3) is 0 Å². The van der Waals surface area contributed by atoms with Gasteiger partial charge in [-0.1, -0.05) is 5.16 Å². The van der Waals surface area contributed by atoms with Crippen molar-refractivity contribution >= 4 is 5.84 Å². The van der Waals surface area contributed by atoms with Gasteiger partial charge in [0.15, 0.2) is 0 Å². The first kappa shape index (κ1) is 8.51. The van der Waals surface area contributed by atoms with Crippen LogP contribution in [0.15, 0.2) is 17.8 Å². The molecule has 0 bridgehead atoms. The third-order valence-electron chi connectivity index (χ3n) is 1.42. The van der Waals surface area contributed by atoms with Crippen LogP contribution in [-0.4, -0.2) is 25.8 Å². The van der Waals surface area contributed by atoms with E-state index >= 15 is 0 Å². The summed E-state index contributed by atoms with van der Waals surface area (Å²) in [5, 5.41) is 15.0. The van der Waals surface area contributed by atoms with Gasteiger partial charge < -0.3 is 10.9 Å². The first-order valence-electron chi connectivity index (χ1n) is 3.61. The topological polar surface area (TPSA) is 89.3 Å². The summed E-state index contributed by atoms with van der Waals surface area (Å²) in [4.78, 5) is 3.78. The minimum atomic E-state index is 0.245. The van der Waals surface area contributed by atoms with Crippen molar-refractivity contribution in [1.82, 2.24) is 14.8 Å². The highest BCUT2D eigenvalue weighted by atomic mass is 16.4. The third-order valence-corrected chi connectivity index (χ3v) is 1.42. The van der Waals surface area contributed by atoms with Crippen molar-refractivity contribution in [3.63, 3.8) is 0 Å². The fourth-order valence-corrected chi connectivity index (χ4v) is 0.820. The molecule has 0 saturated carbocycles. The summed E-state index contributed by atoms with van der Waals surface area (Å²) in [5.41, 5.74) is 5.27. The first-order chi connectivity index (χ1) is 5.83. The van der Waals surface area contributed by atoms with E-state index in [1.807, 2.05) is 0 Å². The number of nitrogens with zero attached hydrogens (tertiary/aromatic N) is 4. The van der Waals surface area contributed by atoms with Crippen LogP contribution in [0.1, 0.15) is 12.8 Å². The summed E-state index contributed by atoms with van der Waals surface area (Å²) >= 11 is 0. The summed E-state index contributed by atoms with van der Waals surface area (Å²) in [6, 6.07) is 0. The molecule has 1 rings (SSSR count). The van der Waals surface area contributed by atoms with E-state index in [1.165, 1.54) is 6.33 Å². The Bertz CT molecular complexity index is 242. The lowest BCUT2D eigenvalue weighted by atomic mass is 10.3. The van der Waals surface area contributed by atoms with E-state index in [-0.39, 0.29) is 5.84 Å². The number of aromatic nitrogens is 3. The van der Waals surface area contributed by atoms with E-state index < -0.39 is 0 Å². The highest BCUT2D eigenvalue weighted by molar-refractivity contribution is 5.79. The number of nitrogens with two attached hydrogens (primary N) is 1. The van der Waals surface area contributed by atoms with Crippen molar-refractivity contribution in [1.29, 1.82) is 0 Å². The standard InChI is InChI=1S/C6H11N5O/c7-6(10-12)2-1-3-11-5-8-4-9-11/h4-5,12H,1-3H2,(H2,7,10). The summed E-state index contributed by atoms with van der Waals surface area (Å²) in [5.74, 6) is 0.245. The summed E-state index contributed by atoms with van der Waals surface area (Å²) in [6.07, 6.45) is 4.46. The average molecular weight is 169 g/mol. The molecule has 6 heteroatoms. The Morgan fingerprint density at radius 2 is 2.50 bits per heavy atom. The van der Waals surface area contributed by atoms with Crippen molar-refractivity contribution in [2.75, 3.05) is 0 Å². The van der Waals surface area contributed by atoms with Gasteiger partial charge in [-0.25, -0.2) is 4.98 Å². The van der Waals surface area contributed by atoms with Gasteiger partial charge in [-0.15, -0.1) is 0 Å². The summed E-state index contributed by atoms with van der Waals surface area (Å²) in [6.45, 7) is 0.732. The molecule has 0 radical (unpaired) electrons. The predicted molar refractivity (Wildman–Crippen MR) is 42.7 cm³/mol. The Labute approximate surface area is 69.7 Å². The van der Waals surface area contributed by atoms with Gasteiger partial charge in [0, 0.05) is 13.0 Å². The highest BCUT2D eigenvalue weighted by Gasteiger charge is 1.94. The van der Waals surface area contributed by atoms with Gasteiger partial charge >= 0.3 is 0 Å². The normalized spacial score (nSPS) is 11.8. The van der Waals surface area contributed by atoms with Crippen LogP contribution in [0.2, 0.25) is 0 Å². The van der Waals surface area contributed by atoms with Crippen LogP contribution in [-0.2, 0) is 6.54 Å². The van der Waals surface area contributed by atoms with E-state index in [1.54, 1.807) is 11.0 Å². The zero-order valence-corrected chi connectivity index (χ0v) is 6.59. The van der Waals surface area contributed by atoms with Crippen molar-refractivity contribution in [2.24, 2.45) is 10.9 Å². The molecular formula is C6H11N5O. The molecule has 0 amide bonds. The van der Waals surface area contributed by atoms with Gasteiger partial charge in [-0.3, -0.25) is 4.68 Å². The molecular weight excluding hydrogens is 158 g/mol. The number of amidine groups is 1. The molecule has 1 aromatic rings. The van der Waals surface area contributed by atoms with Crippen LogP contribution in [0, 0.1) is 0 Å². The maximum absolute atomic E-state index is 8.22. The predicted octanol–water partition coefficient (Wildman–Crippen LogP) is -0.195. The second kappa shape index (κ2) is 4.32. The van der Waals surface area contributed by atoms with Gasteiger partial charge in [-0.05, 0) is 6.42 Å². The Kier molecular flexibility index (Phi) is 3.06. The van der Waals surface area contributed by atoms with E-state index in [9.17, 15) is 0 Å². The van der Waals surface area contributed by atoms with E-state index in [2.05, 4.69) is 15.2 Å². The lowest BCUT2D eigenvalue weighted by Crippen LogP contribution is -2.12. The molecule has 6 nitrogen and oxygen atoms in total. The van der Waals surface area contributed by atoms with Gasteiger partial charge in [0.1, 0.15) is 18.5 Å². The molecule has 0 aromatic carbocycles. The number of hydrogen-bond acceptors (Lipinski definition) is 4. The number of hydrogen-bond donors (Lipinski definition) is 2. The molecule has 0 aliphatic carbocycles. The molecule has 66 valence electrons. The Hall–Kier alpha value is -1.59. The summed E-state index contributed by atoms with van der Waals surface area (Å²) in [7, 11) is 0. The van der Waals surface area contributed by atoms with Gasteiger partial charge in [-0.2, -0.15) is 5.10 Å². The monoisotopic (exact) mass is 169 g/mol. The first-order valence-corrected chi connectivity index (χ1v) is 3.61. The molecule has 0 saturated heterocycles. The second-order valence-electron chi connectivity index (χ2n) is 2.35. The Balaban J connectivity index is 2.19. The van der Waals surface area contributed by atoms with Gasteiger partial charge in [0.05, 0.1) is 0 Å². The van der Waals surface area contributed by atoms with Crippen molar-refractivity contribution < 1.29 is 5.21 Å². The van der Waals surface area contributed by atoms with E-state index in [0.717, 1.165) is 13.0 Å². The SMILES string of the molecule is N/C(CCCn1cncn1)=N\O. The fourth-order valence-electron chi connectivity index (χ4n) is 0.820. The Morgan fingerprint density at radius 3 is 3.08 bits per heavy atom. The van der Waals surface area contributed by atoms with Crippen LogP contribution in [0.3, 0.4) is 0 Å². The average Bonchev–Trinajstić information content (AvgIpc) is 2.57. The number of oxime groups is 1. The molecule has 3 N–H and O–H groups in total. The fraction of sp³-hybridized carbons (Fsp3) is 0.500. The van der Waals surface area contributed by atoms with Crippen LogP contribution < -0.4 is 5.73 Å². The minimum absolute atomic E-state index is 0.245. The minimum Gasteiger partial charge on any atom is -0.409 e. The second-order valence-corrected chi connectivity index (χ2v) is 2.35. The van der Waals surface area contributed by atoms with Gasteiger partial charge in [0.25, 0.3) is 0 Å². The molecule has 0 spiro atoms. The quantitative estimate of drug-likeness (QED) is 0.283. The van der Waals surface area contributed by atoms with Crippen LogP contribution in [0.5, 0.6) is 0 Å². The van der Waals surface area contributed by atoms with Gasteiger partial charge in [0.2, 0.25) is 0 Å². The van der Waals surface area contributed by atoms with E-state index in [4.69, 9.17) is 10.9 Å². The lowest BCUT2D eigenvalue weighted by Gasteiger charge is -1.98. The smallest absolute Gasteiger partial charge is 0.139 e. The molecule has 0 fully saturated rings. The maximum Gasteiger partial charge on any atom is 0.139 e. The van der Waals surface area contributed by atoms with Crippen molar-refractivity contribution in [2.45, 2.75) is 19.4 Å². The molecule has 0 atom stereocenters. The maximum atomic E-state index is 8.22. The van der Waals surface area contributed by atoms with Crippen molar-refractivity contribution in [3.05, 3.63) is 12.7 Å². The molecule has 1 aromatic heterocycles. The zero-order valence-electron chi connectivity index (χ0n) is 6.59. The van der Waals surface area contributed by atoms with Crippen LogP contribution >= 0.6 is 0 Å². The molecule has 0 unspecified atom stereocenters. The van der Waals surface area contributed by atoms with E-state index in [0.29, 0.717) is 6.42 Å². The number of rotatable bonds is 4. The summed E-state index contributed by atoms with van der Waals surface area (Å²) < 4.78 is 1.70. The van der Waals surface area contributed by atoms with Crippen molar-refractivity contribution in [3.8, 4) is 0 Å². The lowest BCUT2D eigenvalue weighted by molar-refractivity contribution is 0.316. The molecule has 1 heterocycles. The third kappa shape index (κ3) is 2.57. The zero-order chi connectivity index (χ0) is 8.81. The van der Waals surface area contributed by atoms with Crippen LogP contribution in [0.4, 0.5) is 0 Å². The highest BCUT2D eigenvalue weighted by Crippen LogP contribution is 1.92. The molecule has 0 aliphatic rings. The largest absolute Gasteiger partial charge is 0.409 e. The molecule has 0 aliphatic heterocycles. The Morgan fingerprint density at radius 1 is 1.67 bits per heavy atom. The molecule has 12 heavy (non-hydrogen) atoms.